The molecular formula is C26H25Br2NO5. The monoisotopic (exact) mass is 589 g/mol. The van der Waals surface area contributed by atoms with Gasteiger partial charge in [0.2, 0.25) is 6.54 Å². The molecule has 0 aromatic heterocycles. The fourth-order valence-corrected chi connectivity index (χ4v) is 5.98. The zero-order valence-corrected chi connectivity index (χ0v) is 22.0. The summed E-state index contributed by atoms with van der Waals surface area (Å²) >= 11 is 7.28. The SMILES string of the molecule is CC1(C)O[C@@H]([C@H](C[N+](=O)[O-])c2c(Br)cc(OCc3ccccc3)cc2Br)[C@H](c2ccccc2)O1. The van der Waals surface area contributed by atoms with E-state index in [1.807, 2.05) is 86.6 Å². The minimum atomic E-state index is -0.877. The first kappa shape index (κ1) is 24.9. The van der Waals surface area contributed by atoms with E-state index >= 15 is 0 Å². The van der Waals surface area contributed by atoms with Gasteiger partial charge in [-0.25, -0.2) is 0 Å². The number of rotatable bonds is 8. The molecule has 0 bridgehead atoms. The minimum Gasteiger partial charge on any atom is -0.489 e. The Morgan fingerprint density at radius 1 is 1.00 bits per heavy atom. The normalized spacial score (nSPS) is 20.1. The Morgan fingerprint density at radius 2 is 1.59 bits per heavy atom. The van der Waals surface area contributed by atoms with E-state index in [1.54, 1.807) is 0 Å². The molecule has 1 aliphatic heterocycles. The predicted octanol–water partition coefficient (Wildman–Crippen LogP) is 7.04. The molecule has 1 heterocycles. The van der Waals surface area contributed by atoms with Crippen LogP contribution in [0.4, 0.5) is 0 Å². The van der Waals surface area contributed by atoms with Gasteiger partial charge in [0.15, 0.2) is 5.79 Å². The van der Waals surface area contributed by atoms with E-state index in [9.17, 15) is 10.1 Å². The summed E-state index contributed by atoms with van der Waals surface area (Å²) < 4.78 is 19.9. The molecule has 0 aliphatic carbocycles. The van der Waals surface area contributed by atoms with Crippen molar-refractivity contribution in [2.75, 3.05) is 6.54 Å². The van der Waals surface area contributed by atoms with Crippen molar-refractivity contribution in [3.8, 4) is 5.75 Å². The van der Waals surface area contributed by atoms with E-state index in [1.165, 1.54) is 0 Å². The van der Waals surface area contributed by atoms with Crippen LogP contribution in [0.25, 0.3) is 0 Å². The lowest BCUT2D eigenvalue weighted by Gasteiger charge is -2.26. The second kappa shape index (κ2) is 10.6. The summed E-state index contributed by atoms with van der Waals surface area (Å²) in [6.07, 6.45) is -1.01. The van der Waals surface area contributed by atoms with Crippen LogP contribution in [0.2, 0.25) is 0 Å². The average Bonchev–Trinajstić information content (AvgIpc) is 3.13. The molecule has 3 aromatic rings. The highest BCUT2D eigenvalue weighted by Gasteiger charge is 2.48. The van der Waals surface area contributed by atoms with Crippen molar-refractivity contribution < 1.29 is 19.1 Å². The van der Waals surface area contributed by atoms with Crippen molar-refractivity contribution in [3.05, 3.63) is 109 Å². The third-order valence-corrected chi connectivity index (χ3v) is 6.98. The zero-order valence-electron chi connectivity index (χ0n) is 18.8. The van der Waals surface area contributed by atoms with Gasteiger partial charge in [0.25, 0.3) is 0 Å². The summed E-state index contributed by atoms with van der Waals surface area (Å²) in [7, 11) is 0. The molecule has 8 heteroatoms. The molecule has 178 valence electrons. The highest BCUT2D eigenvalue weighted by atomic mass is 79.9. The number of nitrogens with zero attached hydrogens (tertiary/aromatic N) is 1. The van der Waals surface area contributed by atoms with Crippen molar-refractivity contribution >= 4 is 31.9 Å². The molecule has 0 saturated carbocycles. The van der Waals surface area contributed by atoms with E-state index in [4.69, 9.17) is 14.2 Å². The van der Waals surface area contributed by atoms with E-state index in [0.29, 0.717) is 21.3 Å². The Labute approximate surface area is 215 Å². The van der Waals surface area contributed by atoms with Gasteiger partial charge in [-0.1, -0.05) is 92.5 Å². The molecule has 0 unspecified atom stereocenters. The first-order valence-corrected chi connectivity index (χ1v) is 12.5. The van der Waals surface area contributed by atoms with Crippen LogP contribution in [0, 0.1) is 10.1 Å². The van der Waals surface area contributed by atoms with Gasteiger partial charge in [0.05, 0.1) is 5.92 Å². The predicted molar refractivity (Wildman–Crippen MR) is 136 cm³/mol. The number of benzene rings is 3. The van der Waals surface area contributed by atoms with Gasteiger partial charge in [-0.2, -0.15) is 0 Å². The molecule has 0 N–H and O–H groups in total. The molecular weight excluding hydrogens is 566 g/mol. The zero-order chi connectivity index (χ0) is 24.3. The number of nitro groups is 1. The van der Waals surface area contributed by atoms with Crippen molar-refractivity contribution in [1.82, 2.24) is 0 Å². The van der Waals surface area contributed by atoms with Crippen LogP contribution in [0.15, 0.2) is 81.7 Å². The van der Waals surface area contributed by atoms with Crippen LogP contribution in [-0.4, -0.2) is 23.4 Å². The summed E-state index contributed by atoms with van der Waals surface area (Å²) in [5.41, 5.74) is 2.71. The van der Waals surface area contributed by atoms with Crippen LogP contribution in [0.1, 0.15) is 42.6 Å². The third kappa shape index (κ3) is 5.86. The number of halogens is 2. The smallest absolute Gasteiger partial charge is 0.213 e. The lowest BCUT2D eigenvalue weighted by molar-refractivity contribution is -0.485. The van der Waals surface area contributed by atoms with Gasteiger partial charge in [0, 0.05) is 13.9 Å². The molecule has 34 heavy (non-hydrogen) atoms. The lowest BCUT2D eigenvalue weighted by atomic mass is 9.87. The van der Waals surface area contributed by atoms with E-state index in [-0.39, 0.29) is 11.5 Å². The van der Waals surface area contributed by atoms with Crippen molar-refractivity contribution in [2.45, 2.75) is 44.4 Å². The maximum Gasteiger partial charge on any atom is 0.213 e. The maximum atomic E-state index is 11.7. The fraction of sp³-hybridized carbons (Fsp3) is 0.308. The molecule has 0 radical (unpaired) electrons. The van der Waals surface area contributed by atoms with E-state index in [2.05, 4.69) is 31.9 Å². The van der Waals surface area contributed by atoms with Crippen LogP contribution >= 0.6 is 31.9 Å². The van der Waals surface area contributed by atoms with E-state index in [0.717, 1.165) is 16.7 Å². The highest BCUT2D eigenvalue weighted by molar-refractivity contribution is 9.11. The van der Waals surface area contributed by atoms with Crippen LogP contribution in [0.5, 0.6) is 5.75 Å². The summed E-state index contributed by atoms with van der Waals surface area (Å²) in [5, 5.41) is 11.7. The van der Waals surface area contributed by atoms with Gasteiger partial charge < -0.3 is 14.2 Å². The second-order valence-corrected chi connectivity index (χ2v) is 10.3. The average molecular weight is 591 g/mol. The highest BCUT2D eigenvalue weighted by Crippen LogP contribution is 2.47. The summed E-state index contributed by atoms with van der Waals surface area (Å²) in [4.78, 5) is 11.4. The second-order valence-electron chi connectivity index (χ2n) is 8.63. The van der Waals surface area contributed by atoms with Crippen LogP contribution in [-0.2, 0) is 16.1 Å². The molecule has 1 aliphatic rings. The Bertz CT molecular complexity index is 1120. The topological polar surface area (TPSA) is 70.8 Å². The van der Waals surface area contributed by atoms with Gasteiger partial charge in [0.1, 0.15) is 24.6 Å². The first-order chi connectivity index (χ1) is 16.2. The van der Waals surface area contributed by atoms with Crippen molar-refractivity contribution in [2.24, 2.45) is 0 Å². The molecule has 1 fully saturated rings. The number of hydrogen-bond donors (Lipinski definition) is 0. The first-order valence-electron chi connectivity index (χ1n) is 10.9. The van der Waals surface area contributed by atoms with Gasteiger partial charge in [-0.15, -0.1) is 0 Å². The fourth-order valence-electron chi connectivity index (χ4n) is 4.24. The summed E-state index contributed by atoms with van der Waals surface area (Å²) in [6, 6.07) is 23.2. The maximum absolute atomic E-state index is 11.7. The van der Waals surface area contributed by atoms with Crippen LogP contribution < -0.4 is 4.74 Å². The summed E-state index contributed by atoms with van der Waals surface area (Å²) in [5.74, 6) is -0.804. The Hall–Kier alpha value is -2.26. The number of ether oxygens (including phenoxy) is 3. The molecule has 0 spiro atoms. The molecule has 4 rings (SSSR count). The number of hydrogen-bond acceptors (Lipinski definition) is 5. The molecule has 1 saturated heterocycles. The van der Waals surface area contributed by atoms with E-state index < -0.39 is 23.9 Å². The van der Waals surface area contributed by atoms with Crippen molar-refractivity contribution in [3.63, 3.8) is 0 Å². The molecule has 6 nitrogen and oxygen atoms in total. The molecule has 3 atom stereocenters. The lowest BCUT2D eigenvalue weighted by Crippen LogP contribution is -2.31. The van der Waals surface area contributed by atoms with Gasteiger partial charge in [-0.05, 0) is 42.7 Å². The molecule has 0 amide bonds. The Balaban J connectivity index is 1.67. The standard InChI is InChI=1S/C26H25Br2NO5/c1-26(2)33-24(18-11-7-4-8-12-18)25(34-26)20(15-29(30)31)23-21(27)13-19(14-22(23)28)32-16-17-9-5-3-6-10-17/h3-14,20,24-25H,15-16H2,1-2H3/t20-,24+,25+/m1/s1. The minimum absolute atomic E-state index is 0.305. The third-order valence-electron chi connectivity index (χ3n) is 5.67. The molecule has 3 aromatic carbocycles. The van der Waals surface area contributed by atoms with Gasteiger partial charge >= 0.3 is 0 Å². The van der Waals surface area contributed by atoms with Crippen LogP contribution in [0.3, 0.4) is 0 Å². The largest absolute Gasteiger partial charge is 0.489 e. The quantitative estimate of drug-likeness (QED) is 0.208. The summed E-state index contributed by atoms with van der Waals surface area (Å²) in [6.45, 7) is 3.77. The Morgan fingerprint density at radius 3 is 2.18 bits per heavy atom. The Kier molecular flexibility index (Phi) is 7.72. The van der Waals surface area contributed by atoms with Crippen molar-refractivity contribution in [1.29, 1.82) is 0 Å². The van der Waals surface area contributed by atoms with Gasteiger partial charge in [-0.3, -0.25) is 10.1 Å².